The van der Waals surface area contributed by atoms with Crippen LogP contribution < -0.4 is 5.48 Å². The van der Waals surface area contributed by atoms with Gasteiger partial charge in [-0.1, -0.05) is 15.9 Å². The van der Waals surface area contributed by atoms with Gasteiger partial charge in [-0.05, 0) is 31.0 Å². The third-order valence-electron chi connectivity index (χ3n) is 3.31. The second kappa shape index (κ2) is 5.95. The predicted octanol–water partition coefficient (Wildman–Crippen LogP) is 3.12. The van der Waals surface area contributed by atoms with Gasteiger partial charge >= 0.3 is 0 Å². The van der Waals surface area contributed by atoms with Crippen molar-refractivity contribution in [2.75, 3.05) is 6.61 Å². The van der Waals surface area contributed by atoms with Crippen molar-refractivity contribution in [2.45, 2.75) is 25.6 Å². The SMILES string of the molecule is O=C(NOC1CCCCO1)c1c[nH]c2ccc(Br)cc12. The van der Waals surface area contributed by atoms with E-state index in [4.69, 9.17) is 9.57 Å². The van der Waals surface area contributed by atoms with E-state index in [0.717, 1.165) is 34.6 Å². The number of aromatic amines is 1. The lowest BCUT2D eigenvalue weighted by atomic mass is 10.2. The highest BCUT2D eigenvalue weighted by molar-refractivity contribution is 9.10. The van der Waals surface area contributed by atoms with Crippen molar-refractivity contribution < 1.29 is 14.4 Å². The van der Waals surface area contributed by atoms with Crippen LogP contribution in [0.25, 0.3) is 10.9 Å². The molecular formula is C14H15BrN2O3. The van der Waals surface area contributed by atoms with Crippen LogP contribution in [0.3, 0.4) is 0 Å². The van der Waals surface area contributed by atoms with E-state index in [1.807, 2.05) is 18.2 Å². The number of nitrogens with one attached hydrogen (secondary N) is 2. The summed E-state index contributed by atoms with van der Waals surface area (Å²) in [6.07, 6.45) is 4.24. The van der Waals surface area contributed by atoms with Crippen molar-refractivity contribution >= 4 is 32.7 Å². The Bertz CT molecular complexity index is 620. The molecule has 1 amide bonds. The fourth-order valence-corrected chi connectivity index (χ4v) is 2.62. The zero-order valence-corrected chi connectivity index (χ0v) is 12.4. The number of rotatable bonds is 3. The number of carbonyl (C=O) groups is 1. The molecule has 5 nitrogen and oxygen atoms in total. The first kappa shape index (κ1) is 13.6. The number of halogens is 1. The molecule has 106 valence electrons. The molecule has 6 heteroatoms. The Balaban J connectivity index is 1.70. The van der Waals surface area contributed by atoms with Crippen LogP contribution in [-0.2, 0) is 9.57 Å². The molecule has 0 bridgehead atoms. The van der Waals surface area contributed by atoms with Gasteiger partial charge in [0.05, 0.1) is 5.56 Å². The van der Waals surface area contributed by atoms with Crippen molar-refractivity contribution in [3.8, 4) is 0 Å². The van der Waals surface area contributed by atoms with E-state index >= 15 is 0 Å². The van der Waals surface area contributed by atoms with E-state index in [-0.39, 0.29) is 12.2 Å². The summed E-state index contributed by atoms with van der Waals surface area (Å²) in [6.45, 7) is 0.681. The van der Waals surface area contributed by atoms with Crippen LogP contribution in [0.2, 0.25) is 0 Å². The van der Waals surface area contributed by atoms with Gasteiger partial charge in [0, 0.05) is 34.6 Å². The second-order valence-electron chi connectivity index (χ2n) is 4.74. The Labute approximate surface area is 124 Å². The topological polar surface area (TPSA) is 63.4 Å². The van der Waals surface area contributed by atoms with E-state index in [1.165, 1.54) is 0 Å². The first-order valence-corrected chi connectivity index (χ1v) is 7.37. The number of hydrogen-bond acceptors (Lipinski definition) is 3. The summed E-state index contributed by atoms with van der Waals surface area (Å²) in [5.41, 5.74) is 3.93. The number of H-pyrrole nitrogens is 1. The summed E-state index contributed by atoms with van der Waals surface area (Å²) in [4.78, 5) is 20.5. The maximum absolute atomic E-state index is 12.1. The highest BCUT2D eigenvalue weighted by atomic mass is 79.9. The van der Waals surface area contributed by atoms with Gasteiger partial charge in [0.1, 0.15) is 0 Å². The summed E-state index contributed by atoms with van der Waals surface area (Å²) >= 11 is 3.41. The lowest BCUT2D eigenvalue weighted by Gasteiger charge is -2.21. The Morgan fingerprint density at radius 1 is 1.45 bits per heavy atom. The number of fused-ring (bicyclic) bond motifs is 1. The number of aromatic nitrogens is 1. The maximum atomic E-state index is 12.1. The third kappa shape index (κ3) is 2.87. The molecule has 1 atom stereocenters. The summed E-state index contributed by atoms with van der Waals surface area (Å²) in [5.74, 6) is -0.275. The van der Waals surface area contributed by atoms with Gasteiger partial charge in [0.25, 0.3) is 5.91 Å². The molecule has 0 spiro atoms. The molecule has 1 aromatic carbocycles. The lowest BCUT2D eigenvalue weighted by Crippen LogP contribution is -2.33. The molecule has 0 saturated carbocycles. The summed E-state index contributed by atoms with van der Waals surface area (Å²) in [5, 5.41) is 0.852. The molecule has 2 aromatic rings. The maximum Gasteiger partial charge on any atom is 0.277 e. The molecule has 1 fully saturated rings. The molecule has 1 aliphatic rings. The molecule has 1 aromatic heterocycles. The predicted molar refractivity (Wildman–Crippen MR) is 78.1 cm³/mol. The number of hydrogen-bond donors (Lipinski definition) is 2. The molecule has 0 radical (unpaired) electrons. The summed E-state index contributed by atoms with van der Waals surface area (Å²) < 4.78 is 6.33. The van der Waals surface area contributed by atoms with Crippen molar-refractivity contribution in [3.63, 3.8) is 0 Å². The van der Waals surface area contributed by atoms with Crippen molar-refractivity contribution in [2.24, 2.45) is 0 Å². The number of amides is 1. The van der Waals surface area contributed by atoms with Crippen molar-refractivity contribution in [3.05, 3.63) is 34.4 Å². The molecule has 0 aliphatic carbocycles. The number of ether oxygens (including phenoxy) is 1. The van der Waals surface area contributed by atoms with Crippen LogP contribution in [0.4, 0.5) is 0 Å². The molecule has 1 unspecified atom stereocenters. The Kier molecular flexibility index (Phi) is 4.05. The molecular weight excluding hydrogens is 324 g/mol. The normalized spacial score (nSPS) is 19.1. The third-order valence-corrected chi connectivity index (χ3v) is 3.80. The van der Waals surface area contributed by atoms with Gasteiger partial charge < -0.3 is 9.72 Å². The monoisotopic (exact) mass is 338 g/mol. The van der Waals surface area contributed by atoms with E-state index in [9.17, 15) is 4.79 Å². The zero-order valence-electron chi connectivity index (χ0n) is 10.8. The molecule has 2 N–H and O–H groups in total. The first-order valence-electron chi connectivity index (χ1n) is 6.58. The van der Waals surface area contributed by atoms with Gasteiger partial charge in [-0.2, -0.15) is 0 Å². The van der Waals surface area contributed by atoms with Gasteiger partial charge in [-0.3, -0.25) is 4.79 Å². The summed E-state index contributed by atoms with van der Waals surface area (Å²) in [7, 11) is 0. The largest absolute Gasteiger partial charge is 0.360 e. The average Bonchev–Trinajstić information content (AvgIpc) is 2.89. The minimum atomic E-state index is -0.343. The zero-order chi connectivity index (χ0) is 13.9. The Morgan fingerprint density at radius 2 is 2.35 bits per heavy atom. The van der Waals surface area contributed by atoms with Crippen LogP contribution in [0.5, 0.6) is 0 Å². The van der Waals surface area contributed by atoms with E-state index in [0.29, 0.717) is 12.2 Å². The van der Waals surface area contributed by atoms with Crippen molar-refractivity contribution in [1.82, 2.24) is 10.5 Å². The fourth-order valence-electron chi connectivity index (χ4n) is 2.26. The quantitative estimate of drug-likeness (QED) is 0.845. The fraction of sp³-hybridized carbons (Fsp3) is 0.357. The standard InChI is InChI=1S/C14H15BrN2O3/c15-9-4-5-12-10(7-9)11(8-16-12)14(18)17-20-13-3-1-2-6-19-13/h4-5,7-8,13,16H,1-3,6H2,(H,17,18). The van der Waals surface area contributed by atoms with Gasteiger partial charge in [-0.25, -0.2) is 10.3 Å². The van der Waals surface area contributed by atoms with Crippen LogP contribution in [-0.4, -0.2) is 23.8 Å². The molecule has 1 saturated heterocycles. The molecule has 1 aliphatic heterocycles. The first-order chi connectivity index (χ1) is 9.74. The minimum absolute atomic E-state index is 0.275. The highest BCUT2D eigenvalue weighted by Crippen LogP contribution is 2.22. The van der Waals surface area contributed by atoms with Crippen molar-refractivity contribution in [1.29, 1.82) is 0 Å². The van der Waals surface area contributed by atoms with Crippen LogP contribution in [0.15, 0.2) is 28.9 Å². The Morgan fingerprint density at radius 3 is 3.15 bits per heavy atom. The average molecular weight is 339 g/mol. The number of carbonyl (C=O) groups excluding carboxylic acids is 1. The van der Waals surface area contributed by atoms with Crippen LogP contribution in [0, 0.1) is 0 Å². The van der Waals surface area contributed by atoms with Gasteiger partial charge in [0.2, 0.25) is 0 Å². The minimum Gasteiger partial charge on any atom is -0.360 e. The molecule has 20 heavy (non-hydrogen) atoms. The lowest BCUT2D eigenvalue weighted by molar-refractivity contribution is -0.186. The Hall–Kier alpha value is -1.37. The second-order valence-corrected chi connectivity index (χ2v) is 5.65. The van der Waals surface area contributed by atoms with E-state index in [2.05, 4.69) is 26.4 Å². The highest BCUT2D eigenvalue weighted by Gasteiger charge is 2.18. The van der Waals surface area contributed by atoms with Crippen LogP contribution in [0.1, 0.15) is 29.6 Å². The molecule has 2 heterocycles. The van der Waals surface area contributed by atoms with E-state index in [1.54, 1.807) is 6.20 Å². The number of benzene rings is 1. The van der Waals surface area contributed by atoms with Gasteiger partial charge in [-0.15, -0.1) is 0 Å². The van der Waals surface area contributed by atoms with E-state index < -0.39 is 0 Å². The number of hydroxylamine groups is 1. The molecule has 3 rings (SSSR count). The van der Waals surface area contributed by atoms with Crippen LogP contribution >= 0.6 is 15.9 Å². The van der Waals surface area contributed by atoms with Gasteiger partial charge in [0.15, 0.2) is 6.29 Å². The summed E-state index contributed by atoms with van der Waals surface area (Å²) in [6, 6.07) is 5.74. The smallest absolute Gasteiger partial charge is 0.277 e.